The van der Waals surface area contributed by atoms with Crippen molar-refractivity contribution >= 4 is 5.91 Å². The third-order valence-electron chi connectivity index (χ3n) is 2.67. The summed E-state index contributed by atoms with van der Waals surface area (Å²) in [6.45, 7) is 6.65. The maximum atomic E-state index is 11.6. The van der Waals surface area contributed by atoms with E-state index < -0.39 is 0 Å². The molecule has 0 radical (unpaired) electrons. The van der Waals surface area contributed by atoms with Gasteiger partial charge in [-0.15, -0.1) is 0 Å². The van der Waals surface area contributed by atoms with E-state index in [1.807, 2.05) is 19.0 Å². The Morgan fingerprint density at radius 1 is 1.53 bits per heavy atom. The van der Waals surface area contributed by atoms with Crippen molar-refractivity contribution in [3.05, 3.63) is 0 Å². The molecule has 1 N–H and O–H groups in total. The van der Waals surface area contributed by atoms with Crippen LogP contribution in [-0.4, -0.2) is 55.6 Å². The highest BCUT2D eigenvalue weighted by atomic mass is 16.2. The van der Waals surface area contributed by atoms with Crippen molar-refractivity contribution in [3.8, 4) is 0 Å². The van der Waals surface area contributed by atoms with Gasteiger partial charge < -0.3 is 9.80 Å². The lowest BCUT2D eigenvalue weighted by Gasteiger charge is -2.26. The first-order chi connectivity index (χ1) is 7.00. The SMILES string of the molecule is CC(C)CC1NCC(=O)N1CCN(C)C. The van der Waals surface area contributed by atoms with Gasteiger partial charge in [-0.25, -0.2) is 0 Å². The molecule has 1 unspecified atom stereocenters. The summed E-state index contributed by atoms with van der Waals surface area (Å²) in [6.07, 6.45) is 1.29. The number of hydrogen-bond donors (Lipinski definition) is 1. The summed E-state index contributed by atoms with van der Waals surface area (Å²) < 4.78 is 0. The van der Waals surface area contributed by atoms with E-state index in [9.17, 15) is 4.79 Å². The molecule has 15 heavy (non-hydrogen) atoms. The summed E-state index contributed by atoms with van der Waals surface area (Å²) in [5, 5.41) is 3.27. The van der Waals surface area contributed by atoms with Gasteiger partial charge in [0.2, 0.25) is 5.91 Å². The fourth-order valence-electron chi connectivity index (χ4n) is 1.84. The molecule has 1 heterocycles. The summed E-state index contributed by atoms with van der Waals surface area (Å²) in [7, 11) is 4.07. The van der Waals surface area contributed by atoms with Crippen LogP contribution < -0.4 is 5.32 Å². The quantitative estimate of drug-likeness (QED) is 0.716. The first-order valence-electron chi connectivity index (χ1n) is 5.68. The predicted molar refractivity (Wildman–Crippen MR) is 61.5 cm³/mol. The molecule has 0 aliphatic carbocycles. The molecule has 4 heteroatoms. The number of amides is 1. The number of likely N-dealkylation sites (N-methyl/N-ethyl adjacent to an activating group) is 1. The first kappa shape index (κ1) is 12.5. The third-order valence-corrected chi connectivity index (χ3v) is 2.67. The molecule has 0 bridgehead atoms. The maximum Gasteiger partial charge on any atom is 0.237 e. The summed E-state index contributed by atoms with van der Waals surface area (Å²) in [6, 6.07) is 0. The minimum absolute atomic E-state index is 0.238. The molecule has 0 aromatic carbocycles. The van der Waals surface area contributed by atoms with Crippen molar-refractivity contribution in [3.63, 3.8) is 0 Å². The first-order valence-corrected chi connectivity index (χ1v) is 5.68. The van der Waals surface area contributed by atoms with E-state index in [1.165, 1.54) is 0 Å². The van der Waals surface area contributed by atoms with Gasteiger partial charge in [-0.1, -0.05) is 13.8 Å². The van der Waals surface area contributed by atoms with Gasteiger partial charge in [0.25, 0.3) is 0 Å². The van der Waals surface area contributed by atoms with Crippen LogP contribution in [0.2, 0.25) is 0 Å². The van der Waals surface area contributed by atoms with Crippen molar-refractivity contribution in [1.29, 1.82) is 0 Å². The molecule has 1 rings (SSSR count). The second kappa shape index (κ2) is 5.47. The molecular weight excluding hydrogens is 190 g/mol. The van der Waals surface area contributed by atoms with Crippen molar-refractivity contribution in [2.24, 2.45) is 5.92 Å². The van der Waals surface area contributed by atoms with E-state index in [2.05, 4.69) is 24.1 Å². The molecular formula is C11H23N3O. The van der Waals surface area contributed by atoms with Gasteiger partial charge in [-0.3, -0.25) is 10.1 Å². The lowest BCUT2D eigenvalue weighted by Crippen LogP contribution is -2.41. The highest BCUT2D eigenvalue weighted by Gasteiger charge is 2.30. The van der Waals surface area contributed by atoms with E-state index in [0.717, 1.165) is 19.5 Å². The van der Waals surface area contributed by atoms with Crippen molar-refractivity contribution in [2.75, 3.05) is 33.7 Å². The van der Waals surface area contributed by atoms with Crippen LogP contribution in [0.5, 0.6) is 0 Å². The fourth-order valence-corrected chi connectivity index (χ4v) is 1.84. The maximum absolute atomic E-state index is 11.6. The van der Waals surface area contributed by atoms with Crippen LogP contribution in [0.3, 0.4) is 0 Å². The van der Waals surface area contributed by atoms with E-state index in [4.69, 9.17) is 0 Å². The highest BCUT2D eigenvalue weighted by Crippen LogP contribution is 2.13. The van der Waals surface area contributed by atoms with Crippen LogP contribution in [0, 0.1) is 5.92 Å². The predicted octanol–water partition coefficient (Wildman–Crippen LogP) is 0.352. The number of nitrogens with one attached hydrogen (secondary N) is 1. The van der Waals surface area contributed by atoms with E-state index in [-0.39, 0.29) is 12.1 Å². The fraction of sp³-hybridized carbons (Fsp3) is 0.909. The highest BCUT2D eigenvalue weighted by molar-refractivity contribution is 5.80. The summed E-state index contributed by atoms with van der Waals surface area (Å²) >= 11 is 0. The Morgan fingerprint density at radius 2 is 2.20 bits per heavy atom. The third kappa shape index (κ3) is 3.80. The van der Waals surface area contributed by atoms with Crippen LogP contribution >= 0.6 is 0 Å². The van der Waals surface area contributed by atoms with Crippen LogP contribution in [0.15, 0.2) is 0 Å². The molecule has 88 valence electrons. The van der Waals surface area contributed by atoms with Crippen LogP contribution in [0.25, 0.3) is 0 Å². The second-order valence-corrected chi connectivity index (χ2v) is 4.92. The van der Waals surface area contributed by atoms with E-state index in [0.29, 0.717) is 12.5 Å². The van der Waals surface area contributed by atoms with Crippen molar-refractivity contribution < 1.29 is 4.79 Å². The van der Waals surface area contributed by atoms with Gasteiger partial charge in [-0.2, -0.15) is 0 Å². The molecule has 0 saturated carbocycles. The summed E-state index contributed by atoms with van der Waals surface area (Å²) in [5.41, 5.74) is 0. The zero-order valence-corrected chi connectivity index (χ0v) is 10.3. The lowest BCUT2D eigenvalue weighted by atomic mass is 10.1. The molecule has 1 atom stereocenters. The molecule has 0 spiro atoms. The lowest BCUT2D eigenvalue weighted by molar-refractivity contribution is -0.128. The average Bonchev–Trinajstić information content (AvgIpc) is 2.43. The standard InChI is InChI=1S/C11H23N3O/c1-9(2)7-10-12-8-11(15)14(10)6-5-13(3)4/h9-10,12H,5-8H2,1-4H3. The normalized spacial score (nSPS) is 22.1. The zero-order chi connectivity index (χ0) is 11.4. The Morgan fingerprint density at radius 3 is 2.73 bits per heavy atom. The van der Waals surface area contributed by atoms with Gasteiger partial charge in [0.15, 0.2) is 0 Å². The molecule has 1 aliphatic heterocycles. The number of carbonyl (C=O) groups is 1. The zero-order valence-electron chi connectivity index (χ0n) is 10.3. The van der Waals surface area contributed by atoms with Crippen LogP contribution in [0.1, 0.15) is 20.3 Å². The van der Waals surface area contributed by atoms with Gasteiger partial charge in [0.1, 0.15) is 0 Å². The van der Waals surface area contributed by atoms with Gasteiger partial charge >= 0.3 is 0 Å². The van der Waals surface area contributed by atoms with E-state index >= 15 is 0 Å². The van der Waals surface area contributed by atoms with Crippen LogP contribution in [-0.2, 0) is 4.79 Å². The smallest absolute Gasteiger partial charge is 0.237 e. The summed E-state index contributed by atoms with van der Waals surface area (Å²) in [5.74, 6) is 0.859. The summed E-state index contributed by atoms with van der Waals surface area (Å²) in [4.78, 5) is 15.7. The molecule has 1 fully saturated rings. The number of carbonyl (C=O) groups excluding carboxylic acids is 1. The molecule has 4 nitrogen and oxygen atoms in total. The molecule has 0 aromatic heterocycles. The second-order valence-electron chi connectivity index (χ2n) is 4.92. The largest absolute Gasteiger partial charge is 0.325 e. The Bertz CT molecular complexity index is 216. The number of hydrogen-bond acceptors (Lipinski definition) is 3. The Kier molecular flexibility index (Phi) is 4.54. The minimum Gasteiger partial charge on any atom is -0.325 e. The monoisotopic (exact) mass is 213 g/mol. The van der Waals surface area contributed by atoms with Crippen molar-refractivity contribution in [1.82, 2.24) is 15.1 Å². The van der Waals surface area contributed by atoms with Crippen LogP contribution in [0.4, 0.5) is 0 Å². The average molecular weight is 213 g/mol. The molecule has 1 amide bonds. The molecule has 1 saturated heterocycles. The number of rotatable bonds is 5. The van der Waals surface area contributed by atoms with Gasteiger partial charge in [0.05, 0.1) is 12.7 Å². The minimum atomic E-state index is 0.238. The Hall–Kier alpha value is -0.610. The molecule has 0 aromatic rings. The van der Waals surface area contributed by atoms with Gasteiger partial charge in [0, 0.05) is 13.1 Å². The molecule has 1 aliphatic rings. The van der Waals surface area contributed by atoms with Gasteiger partial charge in [-0.05, 0) is 26.4 Å². The Labute approximate surface area is 92.6 Å². The van der Waals surface area contributed by atoms with E-state index in [1.54, 1.807) is 0 Å². The van der Waals surface area contributed by atoms with Crippen molar-refractivity contribution in [2.45, 2.75) is 26.4 Å². The topological polar surface area (TPSA) is 35.6 Å². The Balaban J connectivity index is 2.45. The number of nitrogens with zero attached hydrogens (tertiary/aromatic N) is 2.